The van der Waals surface area contributed by atoms with Crippen LogP contribution in [0.5, 0.6) is 0 Å². The molecule has 0 spiro atoms. The average Bonchev–Trinajstić information content (AvgIpc) is 2.46. The third-order valence-electron chi connectivity index (χ3n) is 4.47. The maximum Gasteiger partial charge on any atom is 0.320 e. The molecular weight excluding hydrogens is 268 g/mol. The maximum atomic E-state index is 11.6. The summed E-state index contributed by atoms with van der Waals surface area (Å²) in [5.41, 5.74) is 1.69. The number of rotatable bonds is 4. The number of carbonyl (C=O) groups excluding carboxylic acids is 2. The molecule has 0 atom stereocenters. The third-order valence-corrected chi connectivity index (χ3v) is 4.47. The minimum Gasteiger partial charge on any atom is -0.468 e. The molecule has 0 saturated heterocycles. The van der Waals surface area contributed by atoms with Crippen LogP contribution in [0.3, 0.4) is 0 Å². The van der Waals surface area contributed by atoms with Gasteiger partial charge in [-0.3, -0.25) is 9.59 Å². The van der Waals surface area contributed by atoms with Crippen LogP contribution in [0.4, 0.5) is 0 Å². The van der Waals surface area contributed by atoms with Crippen LogP contribution in [0, 0.1) is 17.3 Å². The SMILES string of the molecule is COC(=O)C(CC=C1CCC(C(C)(C)C)CC1)C(=O)OC. The quantitative estimate of drug-likeness (QED) is 0.452. The molecule has 4 nitrogen and oxygen atoms in total. The number of esters is 2. The summed E-state index contributed by atoms with van der Waals surface area (Å²) in [5, 5.41) is 0. The highest BCUT2D eigenvalue weighted by molar-refractivity contribution is 5.94. The Hall–Kier alpha value is -1.32. The normalized spacial score (nSPS) is 19.3. The number of hydrogen-bond acceptors (Lipinski definition) is 4. The Morgan fingerprint density at radius 2 is 1.62 bits per heavy atom. The predicted molar refractivity (Wildman–Crippen MR) is 81.6 cm³/mol. The van der Waals surface area contributed by atoms with Crippen LogP contribution in [-0.4, -0.2) is 26.2 Å². The molecule has 0 aromatic carbocycles. The van der Waals surface area contributed by atoms with E-state index in [1.807, 2.05) is 6.08 Å². The largest absolute Gasteiger partial charge is 0.468 e. The number of carbonyl (C=O) groups is 2. The van der Waals surface area contributed by atoms with Gasteiger partial charge in [-0.25, -0.2) is 0 Å². The highest BCUT2D eigenvalue weighted by Gasteiger charge is 2.29. The molecule has 120 valence electrons. The first kappa shape index (κ1) is 17.7. The fraction of sp³-hybridized carbons (Fsp3) is 0.765. The van der Waals surface area contributed by atoms with Crippen molar-refractivity contribution in [3.63, 3.8) is 0 Å². The lowest BCUT2D eigenvalue weighted by Crippen LogP contribution is -2.26. The highest BCUT2D eigenvalue weighted by Crippen LogP contribution is 2.39. The van der Waals surface area contributed by atoms with E-state index in [2.05, 4.69) is 30.2 Å². The maximum absolute atomic E-state index is 11.6. The van der Waals surface area contributed by atoms with E-state index in [9.17, 15) is 9.59 Å². The molecule has 21 heavy (non-hydrogen) atoms. The van der Waals surface area contributed by atoms with Gasteiger partial charge < -0.3 is 9.47 Å². The van der Waals surface area contributed by atoms with E-state index in [-0.39, 0.29) is 0 Å². The summed E-state index contributed by atoms with van der Waals surface area (Å²) in [4.78, 5) is 23.2. The lowest BCUT2D eigenvalue weighted by atomic mass is 9.71. The van der Waals surface area contributed by atoms with Crippen LogP contribution in [-0.2, 0) is 19.1 Å². The standard InChI is InChI=1S/C17H28O4/c1-17(2,3)13-9-6-12(7-10-13)8-11-14(15(18)20-4)16(19)21-5/h8,13-14H,6-7,9-11H2,1-5H3. The van der Waals surface area contributed by atoms with Crippen molar-refractivity contribution in [3.05, 3.63) is 11.6 Å². The van der Waals surface area contributed by atoms with E-state index >= 15 is 0 Å². The number of ether oxygens (including phenoxy) is 2. The van der Waals surface area contributed by atoms with Crippen molar-refractivity contribution >= 4 is 11.9 Å². The number of methoxy groups -OCH3 is 2. The van der Waals surface area contributed by atoms with Crippen LogP contribution in [0.25, 0.3) is 0 Å². The Bertz CT molecular complexity index is 378. The van der Waals surface area contributed by atoms with Crippen LogP contribution in [0.1, 0.15) is 52.9 Å². The molecule has 0 unspecified atom stereocenters. The van der Waals surface area contributed by atoms with Gasteiger partial charge in [0, 0.05) is 0 Å². The van der Waals surface area contributed by atoms with Gasteiger partial charge in [-0.2, -0.15) is 0 Å². The summed E-state index contributed by atoms with van der Waals surface area (Å²) in [7, 11) is 2.58. The minimum absolute atomic E-state index is 0.353. The Kier molecular flexibility index (Phi) is 6.43. The average molecular weight is 296 g/mol. The van der Waals surface area contributed by atoms with Gasteiger partial charge in [-0.05, 0) is 43.4 Å². The van der Waals surface area contributed by atoms with Crippen LogP contribution in [0.2, 0.25) is 0 Å². The molecular formula is C17H28O4. The molecule has 1 saturated carbocycles. The zero-order valence-electron chi connectivity index (χ0n) is 13.9. The van der Waals surface area contributed by atoms with Gasteiger partial charge in [0.15, 0.2) is 5.92 Å². The summed E-state index contributed by atoms with van der Waals surface area (Å²) >= 11 is 0. The smallest absolute Gasteiger partial charge is 0.320 e. The van der Waals surface area contributed by atoms with Gasteiger partial charge in [0.05, 0.1) is 14.2 Å². The number of allylic oxidation sites excluding steroid dienone is 2. The molecule has 1 rings (SSSR count). The fourth-order valence-electron chi connectivity index (χ4n) is 2.92. The Morgan fingerprint density at radius 3 is 2.00 bits per heavy atom. The van der Waals surface area contributed by atoms with Crippen LogP contribution >= 0.6 is 0 Å². The lowest BCUT2D eigenvalue weighted by molar-refractivity contribution is -0.158. The minimum atomic E-state index is -0.840. The van der Waals surface area contributed by atoms with Crippen molar-refractivity contribution in [1.29, 1.82) is 0 Å². The van der Waals surface area contributed by atoms with E-state index in [0.717, 1.165) is 18.8 Å². The summed E-state index contributed by atoms with van der Waals surface area (Å²) in [6.45, 7) is 6.87. The van der Waals surface area contributed by atoms with Crippen molar-refractivity contribution in [2.75, 3.05) is 14.2 Å². The van der Waals surface area contributed by atoms with E-state index in [1.54, 1.807) is 0 Å². The van der Waals surface area contributed by atoms with Gasteiger partial charge >= 0.3 is 11.9 Å². The third kappa shape index (κ3) is 5.18. The monoisotopic (exact) mass is 296 g/mol. The first-order valence-electron chi connectivity index (χ1n) is 7.63. The second-order valence-corrected chi connectivity index (χ2v) is 6.84. The Morgan fingerprint density at radius 1 is 1.14 bits per heavy atom. The van der Waals surface area contributed by atoms with Crippen molar-refractivity contribution < 1.29 is 19.1 Å². The summed E-state index contributed by atoms with van der Waals surface area (Å²) < 4.78 is 9.34. The molecule has 0 N–H and O–H groups in total. The topological polar surface area (TPSA) is 52.6 Å². The zero-order chi connectivity index (χ0) is 16.0. The summed E-state index contributed by atoms with van der Waals surface area (Å²) in [5.74, 6) is -1.15. The molecule has 0 aromatic heterocycles. The Balaban J connectivity index is 2.60. The van der Waals surface area contributed by atoms with E-state index in [4.69, 9.17) is 0 Å². The van der Waals surface area contributed by atoms with Crippen molar-refractivity contribution in [2.45, 2.75) is 52.9 Å². The van der Waals surface area contributed by atoms with Crippen LogP contribution in [0.15, 0.2) is 11.6 Å². The van der Waals surface area contributed by atoms with E-state index in [1.165, 1.54) is 32.6 Å². The van der Waals surface area contributed by atoms with Crippen molar-refractivity contribution in [1.82, 2.24) is 0 Å². The second kappa shape index (κ2) is 7.62. The van der Waals surface area contributed by atoms with Gasteiger partial charge in [0.25, 0.3) is 0 Å². The van der Waals surface area contributed by atoms with E-state index < -0.39 is 17.9 Å². The number of hydrogen-bond donors (Lipinski definition) is 0. The molecule has 0 aromatic rings. The second-order valence-electron chi connectivity index (χ2n) is 6.84. The Labute approximate surface area is 127 Å². The van der Waals surface area contributed by atoms with E-state index in [0.29, 0.717) is 11.8 Å². The zero-order valence-corrected chi connectivity index (χ0v) is 13.9. The first-order chi connectivity index (χ1) is 9.79. The lowest BCUT2D eigenvalue weighted by Gasteiger charge is -2.34. The van der Waals surface area contributed by atoms with Gasteiger partial charge in [-0.15, -0.1) is 0 Å². The van der Waals surface area contributed by atoms with Crippen LogP contribution < -0.4 is 0 Å². The van der Waals surface area contributed by atoms with Crippen molar-refractivity contribution in [3.8, 4) is 0 Å². The summed E-state index contributed by atoms with van der Waals surface area (Å²) in [6.07, 6.45) is 6.85. The summed E-state index contributed by atoms with van der Waals surface area (Å²) in [6, 6.07) is 0. The molecule has 0 aliphatic heterocycles. The fourth-order valence-corrected chi connectivity index (χ4v) is 2.92. The first-order valence-corrected chi connectivity index (χ1v) is 7.63. The predicted octanol–water partition coefficient (Wildman–Crippen LogP) is 3.50. The van der Waals surface area contributed by atoms with Gasteiger partial charge in [0.2, 0.25) is 0 Å². The molecule has 0 bridgehead atoms. The molecule has 0 amide bonds. The molecule has 4 heteroatoms. The van der Waals surface area contributed by atoms with Crippen molar-refractivity contribution in [2.24, 2.45) is 17.3 Å². The molecule has 0 heterocycles. The van der Waals surface area contributed by atoms with Gasteiger partial charge in [-0.1, -0.05) is 32.4 Å². The molecule has 1 aliphatic rings. The molecule has 0 radical (unpaired) electrons. The highest BCUT2D eigenvalue weighted by atomic mass is 16.5. The molecule has 1 aliphatic carbocycles. The molecule has 1 fully saturated rings. The van der Waals surface area contributed by atoms with Gasteiger partial charge in [0.1, 0.15) is 0 Å².